The Balaban J connectivity index is 3.49. The highest BCUT2D eigenvalue weighted by molar-refractivity contribution is 6.34. The van der Waals surface area contributed by atoms with Crippen LogP contribution in [-0.2, 0) is 5.41 Å². The summed E-state index contributed by atoms with van der Waals surface area (Å²) in [4.78, 5) is 11.3. The lowest BCUT2D eigenvalue weighted by Crippen LogP contribution is -2.24. The molecule has 1 rings (SSSR count). The van der Waals surface area contributed by atoms with Gasteiger partial charge in [0.2, 0.25) is 0 Å². The summed E-state index contributed by atoms with van der Waals surface area (Å²) in [6, 6.07) is 2.39. The van der Waals surface area contributed by atoms with Gasteiger partial charge in [0.25, 0.3) is 5.78 Å². The topological polar surface area (TPSA) is 26.3 Å². The van der Waals surface area contributed by atoms with Crippen molar-refractivity contribution < 1.29 is 22.7 Å². The first-order valence-electron chi connectivity index (χ1n) is 5.48. The molecule has 1 aromatic carbocycles. The first-order valence-corrected chi connectivity index (χ1v) is 5.86. The van der Waals surface area contributed by atoms with Crippen molar-refractivity contribution in [3.63, 3.8) is 0 Å². The van der Waals surface area contributed by atoms with Crippen LogP contribution in [0.4, 0.5) is 13.2 Å². The molecule has 1 aromatic rings. The van der Waals surface area contributed by atoms with Gasteiger partial charge < -0.3 is 4.74 Å². The van der Waals surface area contributed by atoms with Crippen LogP contribution in [0.1, 0.15) is 36.7 Å². The van der Waals surface area contributed by atoms with Crippen molar-refractivity contribution in [3.8, 4) is 5.75 Å². The second-order valence-corrected chi connectivity index (χ2v) is 5.52. The smallest absolute Gasteiger partial charge is 0.454 e. The summed E-state index contributed by atoms with van der Waals surface area (Å²) in [7, 11) is 1.39. The van der Waals surface area contributed by atoms with E-state index in [2.05, 4.69) is 0 Å². The summed E-state index contributed by atoms with van der Waals surface area (Å²) in [6.45, 7) is 5.42. The zero-order valence-corrected chi connectivity index (χ0v) is 11.7. The molecule has 0 radical (unpaired) electrons. The number of halogens is 4. The second kappa shape index (κ2) is 5.04. The van der Waals surface area contributed by atoms with Gasteiger partial charge in [-0.25, -0.2) is 0 Å². The van der Waals surface area contributed by atoms with E-state index in [0.29, 0.717) is 11.3 Å². The molecule has 0 N–H and O–H groups in total. The quantitative estimate of drug-likeness (QED) is 0.756. The number of Topliss-reactive ketones (excluding diaryl/α,β-unsaturated/α-hetero) is 1. The molecule has 0 amide bonds. The van der Waals surface area contributed by atoms with Crippen molar-refractivity contribution in [3.05, 3.63) is 28.3 Å². The number of hydrogen-bond donors (Lipinski definition) is 0. The minimum atomic E-state index is -4.95. The second-order valence-electron chi connectivity index (χ2n) is 5.11. The maximum Gasteiger partial charge on any atom is 0.454 e. The van der Waals surface area contributed by atoms with Gasteiger partial charge in [-0.15, -0.1) is 0 Å². The fourth-order valence-corrected chi connectivity index (χ4v) is 1.88. The third-order valence-electron chi connectivity index (χ3n) is 2.60. The maximum atomic E-state index is 12.5. The maximum absolute atomic E-state index is 12.5. The number of hydrogen-bond acceptors (Lipinski definition) is 2. The van der Waals surface area contributed by atoms with Gasteiger partial charge in [0, 0.05) is 11.1 Å². The summed E-state index contributed by atoms with van der Waals surface area (Å²) in [6.07, 6.45) is -4.95. The number of carbonyl (C=O) groups excluding carboxylic acids is 1. The summed E-state index contributed by atoms with van der Waals surface area (Å²) in [5.74, 6) is -1.60. The standard InChI is InChI=1S/C13H14ClF3O2/c1-12(2,3)8-5-7(11(18)13(15,16)17)9(14)6-10(8)19-4/h5-6H,1-4H3. The molecule has 106 valence electrons. The SMILES string of the molecule is COc1cc(Cl)c(C(=O)C(F)(F)F)cc1C(C)(C)C. The first kappa shape index (κ1) is 15.8. The molecule has 6 heteroatoms. The fourth-order valence-electron chi connectivity index (χ4n) is 1.64. The number of ether oxygens (including phenoxy) is 1. The van der Waals surface area contributed by atoms with Crippen LogP contribution in [-0.4, -0.2) is 19.1 Å². The number of ketones is 1. The van der Waals surface area contributed by atoms with Crippen molar-refractivity contribution in [1.29, 1.82) is 0 Å². The molecule has 19 heavy (non-hydrogen) atoms. The third kappa shape index (κ3) is 3.41. The average Bonchev–Trinajstić information content (AvgIpc) is 2.24. The van der Waals surface area contributed by atoms with Crippen LogP contribution in [0.15, 0.2) is 12.1 Å². The van der Waals surface area contributed by atoms with Crippen LogP contribution in [0.3, 0.4) is 0 Å². The van der Waals surface area contributed by atoms with Crippen molar-refractivity contribution >= 4 is 17.4 Å². The molecule has 0 atom stereocenters. The monoisotopic (exact) mass is 294 g/mol. The van der Waals surface area contributed by atoms with E-state index < -0.39 is 22.9 Å². The van der Waals surface area contributed by atoms with E-state index in [9.17, 15) is 18.0 Å². The molecule has 0 aliphatic heterocycles. The fraction of sp³-hybridized carbons (Fsp3) is 0.462. The van der Waals surface area contributed by atoms with Crippen molar-refractivity contribution in [2.24, 2.45) is 0 Å². The molecule has 0 aromatic heterocycles. The molecular weight excluding hydrogens is 281 g/mol. The van der Waals surface area contributed by atoms with Gasteiger partial charge in [0.15, 0.2) is 0 Å². The number of benzene rings is 1. The molecule has 0 unspecified atom stereocenters. The van der Waals surface area contributed by atoms with Gasteiger partial charge >= 0.3 is 6.18 Å². The van der Waals surface area contributed by atoms with Crippen molar-refractivity contribution in [2.75, 3.05) is 7.11 Å². The van der Waals surface area contributed by atoms with E-state index in [0.717, 1.165) is 6.07 Å². The molecule has 0 spiro atoms. The van der Waals surface area contributed by atoms with E-state index in [1.165, 1.54) is 13.2 Å². The number of rotatable bonds is 2. The third-order valence-corrected chi connectivity index (χ3v) is 2.91. The molecule has 0 heterocycles. The van der Waals surface area contributed by atoms with Gasteiger partial charge in [-0.2, -0.15) is 13.2 Å². The van der Waals surface area contributed by atoms with Gasteiger partial charge in [-0.3, -0.25) is 4.79 Å². The lowest BCUT2D eigenvalue weighted by molar-refractivity contribution is -0.0885. The van der Waals surface area contributed by atoms with Crippen LogP contribution in [0.2, 0.25) is 5.02 Å². The Hall–Kier alpha value is -1.23. The zero-order valence-electron chi connectivity index (χ0n) is 11.0. The minimum Gasteiger partial charge on any atom is -0.496 e. The molecule has 0 bridgehead atoms. The number of carbonyl (C=O) groups is 1. The first-order chi connectivity index (χ1) is 8.48. The molecule has 0 aliphatic rings. The highest BCUT2D eigenvalue weighted by Gasteiger charge is 2.41. The van der Waals surface area contributed by atoms with E-state index in [4.69, 9.17) is 16.3 Å². The summed E-state index contributed by atoms with van der Waals surface area (Å²) in [5.41, 5.74) is -0.539. The molecule has 0 aliphatic carbocycles. The number of alkyl halides is 3. The lowest BCUT2D eigenvalue weighted by atomic mass is 9.85. The van der Waals surface area contributed by atoms with Crippen molar-refractivity contribution in [1.82, 2.24) is 0 Å². The van der Waals surface area contributed by atoms with Crippen molar-refractivity contribution in [2.45, 2.75) is 32.4 Å². The summed E-state index contributed by atoms with van der Waals surface area (Å²) in [5, 5.41) is -0.271. The lowest BCUT2D eigenvalue weighted by Gasteiger charge is -2.23. The Bertz CT molecular complexity index is 502. The molecule has 0 saturated heterocycles. The highest BCUT2D eigenvalue weighted by Crippen LogP contribution is 2.37. The Labute approximate surface area is 114 Å². The van der Waals surface area contributed by atoms with Crippen LogP contribution in [0.25, 0.3) is 0 Å². The van der Waals surface area contributed by atoms with Crippen LogP contribution in [0, 0.1) is 0 Å². The molecular formula is C13H14ClF3O2. The minimum absolute atomic E-state index is 0.271. The zero-order chi connectivity index (χ0) is 15.0. The summed E-state index contributed by atoms with van der Waals surface area (Å²) >= 11 is 5.73. The Morgan fingerprint density at radius 2 is 1.74 bits per heavy atom. The summed E-state index contributed by atoms with van der Waals surface area (Å²) < 4.78 is 42.6. The van der Waals surface area contributed by atoms with E-state index in [1.54, 1.807) is 20.8 Å². The number of methoxy groups -OCH3 is 1. The van der Waals surface area contributed by atoms with E-state index in [1.807, 2.05) is 0 Å². The van der Waals surface area contributed by atoms with Gasteiger partial charge in [0.05, 0.1) is 12.1 Å². The van der Waals surface area contributed by atoms with E-state index in [-0.39, 0.29) is 5.02 Å². The van der Waals surface area contributed by atoms with Crippen LogP contribution in [0.5, 0.6) is 5.75 Å². The predicted octanol–water partition coefficient (Wildman–Crippen LogP) is 4.39. The van der Waals surface area contributed by atoms with Crippen LogP contribution < -0.4 is 4.74 Å². The molecule has 2 nitrogen and oxygen atoms in total. The molecule has 0 saturated carbocycles. The van der Waals surface area contributed by atoms with E-state index >= 15 is 0 Å². The van der Waals surface area contributed by atoms with Gasteiger partial charge in [-0.1, -0.05) is 32.4 Å². The Kier molecular flexibility index (Phi) is 4.20. The normalized spacial score (nSPS) is 12.4. The average molecular weight is 295 g/mol. The van der Waals surface area contributed by atoms with Gasteiger partial charge in [-0.05, 0) is 17.5 Å². The highest BCUT2D eigenvalue weighted by atomic mass is 35.5. The Morgan fingerprint density at radius 3 is 2.11 bits per heavy atom. The molecule has 0 fully saturated rings. The predicted molar refractivity (Wildman–Crippen MR) is 67.1 cm³/mol. The van der Waals surface area contributed by atoms with Gasteiger partial charge in [0.1, 0.15) is 5.75 Å². The Morgan fingerprint density at radius 1 is 1.21 bits per heavy atom. The van der Waals surface area contributed by atoms with Crippen LogP contribution >= 0.6 is 11.6 Å². The largest absolute Gasteiger partial charge is 0.496 e.